The van der Waals surface area contributed by atoms with Gasteiger partial charge >= 0.3 is 0 Å². The molecular weight excluding hydrogens is 284 g/mol. The molecule has 0 fully saturated rings. The highest BCUT2D eigenvalue weighted by Crippen LogP contribution is 2.21. The molecule has 0 saturated heterocycles. The highest BCUT2D eigenvalue weighted by Gasteiger charge is 2.11. The zero-order chi connectivity index (χ0) is 14.8. The molecule has 21 heavy (non-hydrogen) atoms. The Morgan fingerprint density at radius 2 is 1.90 bits per heavy atom. The number of hydrogen-bond acceptors (Lipinski definition) is 3. The number of aromatic nitrogens is 4. The molecule has 0 saturated carbocycles. The number of para-hydroxylation sites is 1. The lowest BCUT2D eigenvalue weighted by Crippen LogP contribution is -2.07. The van der Waals surface area contributed by atoms with Crippen LogP contribution in [0.15, 0.2) is 30.3 Å². The Morgan fingerprint density at radius 3 is 2.67 bits per heavy atom. The summed E-state index contributed by atoms with van der Waals surface area (Å²) in [6.07, 6.45) is 1.69. The van der Waals surface area contributed by atoms with Gasteiger partial charge in [0.05, 0.1) is 12.1 Å². The maximum Gasteiger partial charge on any atom is 0.150 e. The topological polar surface area (TPSA) is 43.6 Å². The van der Waals surface area contributed by atoms with E-state index in [2.05, 4.69) is 35.0 Å². The van der Waals surface area contributed by atoms with Crippen molar-refractivity contribution in [1.29, 1.82) is 0 Å². The lowest BCUT2D eigenvalue weighted by atomic mass is 10.1. The number of pyridine rings is 1. The average Bonchev–Trinajstić information content (AvgIpc) is 2.90. The molecule has 5 heteroatoms. The van der Waals surface area contributed by atoms with Gasteiger partial charge in [0.1, 0.15) is 11.0 Å². The number of fused-ring (bicyclic) bond motifs is 1. The van der Waals surface area contributed by atoms with Crippen molar-refractivity contribution in [2.45, 2.75) is 33.2 Å². The SMILES string of the molecule is CCc1nc(CC)n(Cc2cc3ccccc3nc2Cl)n1. The summed E-state index contributed by atoms with van der Waals surface area (Å²) >= 11 is 6.32. The van der Waals surface area contributed by atoms with Crippen LogP contribution in [-0.2, 0) is 19.4 Å². The van der Waals surface area contributed by atoms with Crippen molar-refractivity contribution in [3.63, 3.8) is 0 Å². The molecule has 0 bridgehead atoms. The van der Waals surface area contributed by atoms with Crippen LogP contribution in [0.25, 0.3) is 10.9 Å². The molecule has 2 heterocycles. The molecule has 2 aromatic heterocycles. The summed E-state index contributed by atoms with van der Waals surface area (Å²) < 4.78 is 1.93. The molecule has 4 nitrogen and oxygen atoms in total. The van der Waals surface area contributed by atoms with Crippen LogP contribution >= 0.6 is 11.6 Å². The molecule has 3 rings (SSSR count). The highest BCUT2D eigenvalue weighted by molar-refractivity contribution is 6.30. The molecule has 0 aliphatic heterocycles. The molecule has 0 N–H and O–H groups in total. The first-order valence-electron chi connectivity index (χ1n) is 7.18. The first kappa shape index (κ1) is 14.0. The maximum absolute atomic E-state index is 6.32. The molecule has 0 unspecified atom stereocenters. The Hall–Kier alpha value is -1.94. The predicted octanol–water partition coefficient (Wildman–Crippen LogP) is 3.65. The van der Waals surface area contributed by atoms with Crippen LogP contribution < -0.4 is 0 Å². The fraction of sp³-hybridized carbons (Fsp3) is 0.312. The predicted molar refractivity (Wildman–Crippen MR) is 84.6 cm³/mol. The van der Waals surface area contributed by atoms with Gasteiger partial charge in [0.2, 0.25) is 0 Å². The van der Waals surface area contributed by atoms with Crippen LogP contribution in [0.3, 0.4) is 0 Å². The van der Waals surface area contributed by atoms with Crippen molar-refractivity contribution in [2.24, 2.45) is 0 Å². The van der Waals surface area contributed by atoms with Gasteiger partial charge in [-0.3, -0.25) is 0 Å². The van der Waals surface area contributed by atoms with Gasteiger partial charge in [-0.05, 0) is 12.1 Å². The number of benzene rings is 1. The van der Waals surface area contributed by atoms with E-state index in [9.17, 15) is 0 Å². The summed E-state index contributed by atoms with van der Waals surface area (Å²) in [5.74, 6) is 1.85. The zero-order valence-corrected chi connectivity index (χ0v) is 12.9. The number of hydrogen-bond donors (Lipinski definition) is 0. The van der Waals surface area contributed by atoms with Gasteiger partial charge in [0.15, 0.2) is 5.82 Å². The lowest BCUT2D eigenvalue weighted by Gasteiger charge is -2.08. The van der Waals surface area contributed by atoms with Crippen molar-refractivity contribution in [3.05, 3.63) is 52.7 Å². The minimum atomic E-state index is 0.532. The number of rotatable bonds is 4. The van der Waals surface area contributed by atoms with E-state index < -0.39 is 0 Å². The molecule has 0 aliphatic rings. The second-order valence-electron chi connectivity index (χ2n) is 4.94. The van der Waals surface area contributed by atoms with Gasteiger partial charge in [-0.1, -0.05) is 43.6 Å². The number of halogens is 1. The Balaban J connectivity index is 2.01. The van der Waals surface area contributed by atoms with Crippen LogP contribution in [0, 0.1) is 0 Å². The van der Waals surface area contributed by atoms with Crippen molar-refractivity contribution < 1.29 is 0 Å². The second-order valence-corrected chi connectivity index (χ2v) is 5.30. The summed E-state index contributed by atoms with van der Waals surface area (Å²) in [5.41, 5.74) is 1.88. The molecule has 108 valence electrons. The highest BCUT2D eigenvalue weighted by atomic mass is 35.5. The van der Waals surface area contributed by atoms with Crippen LogP contribution in [0.4, 0.5) is 0 Å². The standard InChI is InChI=1S/C16H17ClN4/c1-3-14-19-15(4-2)21(20-14)10-12-9-11-7-5-6-8-13(11)18-16(12)17/h5-9H,3-4,10H2,1-2H3. The lowest BCUT2D eigenvalue weighted by molar-refractivity contribution is 0.636. The fourth-order valence-corrected chi connectivity index (χ4v) is 2.58. The van der Waals surface area contributed by atoms with E-state index in [4.69, 9.17) is 11.6 Å². The van der Waals surface area contributed by atoms with Crippen molar-refractivity contribution in [3.8, 4) is 0 Å². The monoisotopic (exact) mass is 300 g/mol. The van der Waals surface area contributed by atoms with E-state index in [1.54, 1.807) is 0 Å². The number of nitrogens with zero attached hydrogens (tertiary/aromatic N) is 4. The summed E-state index contributed by atoms with van der Waals surface area (Å²) in [4.78, 5) is 8.98. The van der Waals surface area contributed by atoms with Crippen LogP contribution in [0.5, 0.6) is 0 Å². The van der Waals surface area contributed by atoms with Gasteiger partial charge in [0.25, 0.3) is 0 Å². The molecular formula is C16H17ClN4. The van der Waals surface area contributed by atoms with Crippen molar-refractivity contribution in [2.75, 3.05) is 0 Å². The fourth-order valence-electron chi connectivity index (χ4n) is 2.37. The summed E-state index contributed by atoms with van der Waals surface area (Å²) in [6.45, 7) is 4.75. The van der Waals surface area contributed by atoms with Crippen LogP contribution in [-0.4, -0.2) is 19.7 Å². The summed E-state index contributed by atoms with van der Waals surface area (Å²) in [7, 11) is 0. The van der Waals surface area contributed by atoms with E-state index in [1.165, 1.54) is 0 Å². The summed E-state index contributed by atoms with van der Waals surface area (Å²) in [5, 5.41) is 6.16. The summed E-state index contributed by atoms with van der Waals surface area (Å²) in [6, 6.07) is 10.1. The second kappa shape index (κ2) is 5.82. The average molecular weight is 301 g/mol. The van der Waals surface area contributed by atoms with Gasteiger partial charge in [-0.25, -0.2) is 14.6 Å². The van der Waals surface area contributed by atoms with Crippen LogP contribution in [0.1, 0.15) is 31.1 Å². The van der Waals surface area contributed by atoms with Crippen molar-refractivity contribution >= 4 is 22.5 Å². The van der Waals surface area contributed by atoms with E-state index in [0.717, 1.165) is 41.0 Å². The maximum atomic E-state index is 6.32. The first-order chi connectivity index (χ1) is 10.2. The van der Waals surface area contributed by atoms with Gasteiger partial charge in [-0.15, -0.1) is 0 Å². The minimum absolute atomic E-state index is 0.532. The zero-order valence-electron chi connectivity index (χ0n) is 12.2. The molecule has 0 spiro atoms. The minimum Gasteiger partial charge on any atom is -0.245 e. The third-order valence-electron chi connectivity index (χ3n) is 3.49. The Kier molecular flexibility index (Phi) is 3.88. The molecule has 3 aromatic rings. The van der Waals surface area contributed by atoms with Crippen molar-refractivity contribution in [1.82, 2.24) is 19.7 Å². The van der Waals surface area contributed by atoms with Crippen LogP contribution in [0.2, 0.25) is 5.15 Å². The van der Waals surface area contributed by atoms with E-state index >= 15 is 0 Å². The Bertz CT molecular complexity index is 779. The molecule has 0 amide bonds. The molecule has 0 aliphatic carbocycles. The third kappa shape index (κ3) is 2.76. The van der Waals surface area contributed by atoms with Gasteiger partial charge in [0, 0.05) is 23.8 Å². The van der Waals surface area contributed by atoms with Gasteiger partial charge < -0.3 is 0 Å². The first-order valence-corrected chi connectivity index (χ1v) is 7.55. The Morgan fingerprint density at radius 1 is 1.10 bits per heavy atom. The van der Waals surface area contributed by atoms with Gasteiger partial charge in [-0.2, -0.15) is 5.10 Å². The molecule has 0 atom stereocenters. The quantitative estimate of drug-likeness (QED) is 0.691. The largest absolute Gasteiger partial charge is 0.245 e. The number of aryl methyl sites for hydroxylation is 2. The van der Waals surface area contributed by atoms with E-state index in [1.807, 2.05) is 28.9 Å². The van der Waals surface area contributed by atoms with E-state index in [-0.39, 0.29) is 0 Å². The third-order valence-corrected chi connectivity index (χ3v) is 3.82. The molecule has 0 radical (unpaired) electrons. The Labute approximate surface area is 128 Å². The molecule has 1 aromatic carbocycles. The normalized spacial score (nSPS) is 11.2. The van der Waals surface area contributed by atoms with E-state index in [0.29, 0.717) is 11.7 Å². The smallest absolute Gasteiger partial charge is 0.150 e.